The van der Waals surface area contributed by atoms with Crippen molar-refractivity contribution < 1.29 is 136 Å². The third kappa shape index (κ3) is 58.2. The number of aryl methyl sites for hydroxylation is 7. The van der Waals surface area contributed by atoms with E-state index < -0.39 is 28.0 Å². The molecule has 0 aromatic heterocycles. The van der Waals surface area contributed by atoms with Gasteiger partial charge in [0.1, 0.15) is 12.6 Å². The number of hydrogen-bond donors (Lipinski definition) is 4. The van der Waals surface area contributed by atoms with Crippen molar-refractivity contribution in [1.82, 2.24) is 0 Å². The van der Waals surface area contributed by atoms with E-state index in [1.807, 2.05) is 78.9 Å². The van der Waals surface area contributed by atoms with Gasteiger partial charge in [0.05, 0.1) is 18.9 Å². The van der Waals surface area contributed by atoms with Crippen molar-refractivity contribution in [2.24, 2.45) is 0 Å². The number of ketones is 3. The number of halogens is 16. The minimum Gasteiger partial charge on any atom is -0.870 e. The number of nitriles is 1. The van der Waals surface area contributed by atoms with Crippen LogP contribution in [0.15, 0.2) is 198 Å². The predicted molar refractivity (Wildman–Crippen MR) is 576 cm³/mol. The quantitative estimate of drug-likeness (QED) is 0.00931. The third-order valence-electron chi connectivity index (χ3n) is 16.1. The van der Waals surface area contributed by atoms with E-state index in [-0.39, 0.29) is 109 Å². The van der Waals surface area contributed by atoms with Crippen LogP contribution in [0.5, 0.6) is 0 Å². The van der Waals surface area contributed by atoms with Crippen LogP contribution in [-0.2, 0) is 73.6 Å². The Morgan fingerprint density at radius 2 is 0.792 bits per heavy atom. The van der Waals surface area contributed by atoms with Gasteiger partial charge in [0, 0.05) is 138 Å². The van der Waals surface area contributed by atoms with Gasteiger partial charge in [0.2, 0.25) is 0 Å². The molecule has 0 atom stereocenters. The van der Waals surface area contributed by atoms with Gasteiger partial charge in [-0.25, -0.2) is 0 Å². The first kappa shape index (κ1) is 129. The second-order valence-corrected chi connectivity index (χ2v) is 43.1. The molecule has 18 nitrogen and oxygen atoms in total. The van der Waals surface area contributed by atoms with Gasteiger partial charge < -0.3 is 37.7 Å². The zero-order valence-corrected chi connectivity index (χ0v) is 102. The first-order chi connectivity index (χ1) is 57.6. The average Bonchev–Trinajstić information content (AvgIpc) is 0.811. The number of aliphatic carboxylic acids is 3. The molecule has 0 bridgehead atoms. The number of fused-ring (bicyclic) bond motifs is 2. The summed E-state index contributed by atoms with van der Waals surface area (Å²) in [7, 11) is -3.30. The summed E-state index contributed by atoms with van der Waals surface area (Å²) in [4.78, 5) is 84.8. The average molecular weight is 3110 g/mol. The van der Waals surface area contributed by atoms with E-state index in [0.717, 1.165) is 160 Å². The smallest absolute Gasteiger partial charge is 0.870 e. The van der Waals surface area contributed by atoms with Gasteiger partial charge in [-0.1, -0.05) is 87.3 Å². The molecule has 0 radical (unpaired) electrons. The zero-order chi connectivity index (χ0) is 92.2. The van der Waals surface area contributed by atoms with E-state index in [0.29, 0.717) is 61.0 Å². The molecule has 2 aliphatic rings. The summed E-state index contributed by atoms with van der Waals surface area (Å²) < 4.78 is 43.5. The number of unbranched alkanes of at least 4 members (excludes halogenated alkanes) is 1. The van der Waals surface area contributed by atoms with Gasteiger partial charge in [-0.2, -0.15) is 13.7 Å². The van der Waals surface area contributed by atoms with Gasteiger partial charge in [0.15, 0.2) is 17.3 Å². The Bertz CT molecular complexity index is 5140. The Morgan fingerprint density at radius 3 is 1.14 bits per heavy atom. The molecule has 9 aromatic carbocycles. The van der Waals surface area contributed by atoms with Crippen molar-refractivity contribution in [1.29, 1.82) is 10.5 Å². The van der Waals surface area contributed by atoms with Crippen LogP contribution >= 0.6 is 302 Å². The largest absolute Gasteiger partial charge is 1.00 e. The Kier molecular flexibility index (Phi) is 76.6. The third-order valence-corrected chi connectivity index (χ3v) is 34.1. The zero-order valence-electron chi connectivity index (χ0n) is 68.1. The molecule has 0 heterocycles. The Hall–Kier alpha value is -0.0200. The molecule has 37 heteroatoms. The van der Waals surface area contributed by atoms with Gasteiger partial charge in [0.25, 0.3) is 10.1 Å². The summed E-state index contributed by atoms with van der Waals surface area (Å²) in [5.41, 5.74) is 12.0. The van der Waals surface area contributed by atoms with E-state index in [2.05, 4.69) is 366 Å². The molecule has 0 unspecified atom stereocenters. The number of aliphatic hydroxyl groups is 1. The van der Waals surface area contributed by atoms with Gasteiger partial charge in [-0.05, 0) is 508 Å². The maximum atomic E-state index is 11.6. The molecule has 0 saturated heterocycles. The van der Waals surface area contributed by atoms with E-state index in [4.69, 9.17) is 37.5 Å². The van der Waals surface area contributed by atoms with Gasteiger partial charge in [-0.15, -0.1) is 0 Å². The van der Waals surface area contributed by atoms with Crippen LogP contribution in [0.1, 0.15) is 182 Å². The first-order valence-electron chi connectivity index (χ1n) is 36.5. The summed E-state index contributed by atoms with van der Waals surface area (Å²) >= 11 is 46.2. The fourth-order valence-electron chi connectivity index (χ4n) is 10.00. The van der Waals surface area contributed by atoms with Crippen LogP contribution in [0, 0.1) is 48.2 Å². The number of Topliss-reactive ketones (excluding diaryl/α,β-unsaturated/α-hetero) is 3. The summed E-state index contributed by atoms with van der Waals surface area (Å²) in [6, 6.07) is 53.2. The molecule has 9 aromatic rings. The monoisotopic (exact) mass is 3100 g/mol. The number of aldehydes is 2. The maximum Gasteiger partial charge on any atom is 1.00 e. The van der Waals surface area contributed by atoms with Crippen LogP contribution in [0.25, 0.3) is 0 Å². The minimum atomic E-state index is -3.30. The summed E-state index contributed by atoms with van der Waals surface area (Å²) in [6.07, 6.45) is 16.6. The van der Waals surface area contributed by atoms with Crippen LogP contribution in [0.4, 0.5) is 0 Å². The molecular weight excluding hydrogens is 3030 g/mol. The molecule has 125 heavy (non-hydrogen) atoms. The number of carbonyl (C=O) groups excluding carboxylic acids is 5. The summed E-state index contributed by atoms with van der Waals surface area (Å²) in [6.45, 7) is 8.40. The fourth-order valence-corrected chi connectivity index (χ4v) is 17.1. The predicted octanol–water partition coefficient (Wildman–Crippen LogP) is 22.7. The van der Waals surface area contributed by atoms with Crippen LogP contribution in [0.2, 0.25) is 0 Å². The summed E-state index contributed by atoms with van der Waals surface area (Å²) in [5, 5.41) is 48.0. The number of nitrogens with zero attached hydrogens (tertiary/aromatic N) is 2. The van der Waals surface area contributed by atoms with Crippen LogP contribution in [-0.4, -0.2) is 102 Å². The van der Waals surface area contributed by atoms with Crippen molar-refractivity contribution in [2.75, 3.05) is 19.5 Å². The van der Waals surface area contributed by atoms with Crippen molar-refractivity contribution >= 4 is 359 Å². The van der Waals surface area contributed by atoms with Crippen LogP contribution in [0.3, 0.4) is 0 Å². The molecule has 0 fully saturated rings. The number of carboxylic acid groups (broad SMARTS) is 3. The van der Waals surface area contributed by atoms with Gasteiger partial charge in [-0.3, -0.25) is 42.5 Å². The standard InChI is InChI=1S/C12H11BrO2.C10H9BrIN.C10H12BrIO3S.C10H10BrIO2.C10H8BrIO.C9H8BrIO2.C9H10BrIO.C7H4BrIO.C7H5BrO.C3H6O2.CN.2Na.H2O/c1-7(14)9-5-8-3-2-4-12(15)10(8)6-11(9)13;11-9-5-4-8(7-10(9)12)3-1-2-6-13;1-16(13,14)15-6-2-3-8-4-5-9(11)10(12)7-8;11-8-5-4-7(6-9(8)12)2-1-3-10(13)14;11-8-5-7-6(4-9(8)12)2-1-3-10(7)13;10-7-3-1-6(5-8(7)11)2-4-9(12)13;10-8-4-3-7(2-1-5-12)6-9(8)11;8-6-2-1-5(4-10)3-7(6)9;8-7-3-1-6(5-9)2-4-7;1-2-3(4)5;1-2;;;/h5-6H,2-4H2,1H3;4-5,7H,1-3H2;4-5,7H,2-3,6H2,1H3;4-6H,1-3H2,(H,13,14);4-5H,1-3H2;1,3,5H,2,4H2,(H,12,13);3-4,6,12H,1-2,5H2;1-4H;1-5H;2H2,1H3,(H,4,5);;;;1H2/q;;;;;;;;;;-1;2*+1;/p-1. The molecule has 0 aliphatic heterocycles. The van der Waals surface area contributed by atoms with Crippen molar-refractivity contribution in [3.05, 3.63) is 296 Å². The molecule has 0 saturated carbocycles. The minimum absolute atomic E-state index is 0. The van der Waals surface area contributed by atoms with Crippen molar-refractivity contribution in [3.63, 3.8) is 0 Å². The number of aliphatic hydroxyl groups excluding tert-OH is 1. The Morgan fingerprint density at radius 1 is 0.456 bits per heavy atom. The summed E-state index contributed by atoms with van der Waals surface area (Å²) in [5.74, 6) is -1.71. The van der Waals surface area contributed by atoms with Crippen molar-refractivity contribution in [2.45, 2.75) is 136 Å². The van der Waals surface area contributed by atoms with E-state index in [9.17, 15) is 46.8 Å². The molecule has 5 N–H and O–H groups in total. The number of carbonyl (C=O) groups is 8. The SMILES string of the molecule is CC(=O)c1cc2c(cc1Br)C(=O)CCC2.CCC(=O)O.CS(=O)(=O)OCCCc1ccc(Br)c(I)c1.N#CCCCc1ccc(Br)c(I)c1.O=C(O)CCCc1ccc(Br)c(I)c1.O=C(O)CCc1ccc(Br)c(I)c1.O=C1CCCc2cc(I)c(Br)cc21.O=Cc1ccc(Br)c(I)c1.O=Cc1ccc(Br)cc1.OCCCc1ccc(Br)c(I)c1.[C-]#N.[Na+].[Na+].[OH-]. The fraction of sp³-hybridized carbons (Fsp3) is 0.273. The van der Waals surface area contributed by atoms with Crippen LogP contribution < -0.4 is 59.1 Å². The Labute approximate surface area is 947 Å². The molecule has 2 aliphatic carbocycles. The normalized spacial score (nSPS) is 10.8. The molecule has 0 spiro atoms. The molecule has 662 valence electrons. The number of benzene rings is 9. The topological polar surface area (TPSA) is 338 Å². The number of rotatable bonds is 22. The maximum absolute atomic E-state index is 11.6. The van der Waals surface area contributed by atoms with Gasteiger partial charge >= 0.3 is 77.0 Å². The molecule has 0 amide bonds. The number of carboxylic acids is 3. The molecular formula is C88H84Br9I7N2Na2O16S. The second-order valence-electron chi connectivity index (χ2n) is 25.6. The van der Waals surface area contributed by atoms with E-state index >= 15 is 0 Å². The van der Waals surface area contributed by atoms with Crippen molar-refractivity contribution in [3.8, 4) is 6.07 Å². The van der Waals surface area contributed by atoms with E-state index in [1.54, 1.807) is 31.2 Å². The molecule has 11 rings (SSSR count). The Balaban J connectivity index is -0.00000133. The number of hydrogen-bond acceptors (Lipinski definition) is 15. The first-order valence-corrected chi connectivity index (χ1v) is 53.0. The van der Waals surface area contributed by atoms with E-state index in [1.165, 1.54) is 45.5 Å². The second kappa shape index (κ2) is 74.2.